The van der Waals surface area contributed by atoms with Crippen molar-refractivity contribution in [1.82, 2.24) is 0 Å². The molecule has 0 saturated carbocycles. The monoisotopic (exact) mass is 1470 g/mol. The molecule has 0 aromatic heterocycles. The maximum Gasteiger partial charge on any atom is 0.472 e. The zero-order valence-corrected chi connectivity index (χ0v) is 67.6. The van der Waals surface area contributed by atoms with Gasteiger partial charge in [-0.15, -0.1) is 0 Å². The number of carbonyl (C=O) groups is 4. The van der Waals surface area contributed by atoms with E-state index in [0.717, 1.165) is 120 Å². The largest absolute Gasteiger partial charge is 0.472 e. The van der Waals surface area contributed by atoms with Crippen molar-refractivity contribution in [1.29, 1.82) is 0 Å². The van der Waals surface area contributed by atoms with Gasteiger partial charge in [0.15, 0.2) is 12.2 Å². The van der Waals surface area contributed by atoms with Crippen LogP contribution in [0.25, 0.3) is 0 Å². The molecule has 0 heterocycles. The highest BCUT2D eigenvalue weighted by Gasteiger charge is 2.30. The molecule has 0 aliphatic rings. The number of ether oxygens (including phenoxy) is 4. The quantitative estimate of drug-likeness (QED) is 0.0222. The lowest BCUT2D eigenvalue weighted by Gasteiger charge is -2.21. The van der Waals surface area contributed by atoms with E-state index in [1.165, 1.54) is 212 Å². The minimum atomic E-state index is -4.96. The van der Waals surface area contributed by atoms with Gasteiger partial charge in [0.25, 0.3) is 0 Å². The zero-order valence-electron chi connectivity index (χ0n) is 65.8. The van der Waals surface area contributed by atoms with Gasteiger partial charge in [0.05, 0.1) is 26.4 Å². The molecule has 0 aliphatic heterocycles. The Morgan fingerprint density at radius 3 is 0.710 bits per heavy atom. The SMILES string of the molecule is CCC(C)CCCCCCCCC(=O)OC[C@H](COP(=O)(O)OC[C@H](O)COP(=O)(O)OC[C@@H](COC(=O)CCCCCCCCCCCCCCCCCC(C)C)OC(=O)CCCCCCCCCCCCCCCCCC(C)C)OC(=O)CCCCCCCCCCCCCC(C)C. The van der Waals surface area contributed by atoms with Gasteiger partial charge in [0.1, 0.15) is 19.3 Å². The Morgan fingerprint density at radius 2 is 0.480 bits per heavy atom. The van der Waals surface area contributed by atoms with E-state index in [4.69, 9.17) is 37.0 Å². The smallest absolute Gasteiger partial charge is 0.462 e. The molecule has 17 nitrogen and oxygen atoms in total. The van der Waals surface area contributed by atoms with Crippen molar-refractivity contribution in [2.45, 2.75) is 433 Å². The van der Waals surface area contributed by atoms with Crippen LogP contribution >= 0.6 is 15.6 Å². The highest BCUT2D eigenvalue weighted by molar-refractivity contribution is 7.47. The average Bonchev–Trinajstić information content (AvgIpc) is 0.911. The second kappa shape index (κ2) is 70.1. The number of phosphoric acid groups is 2. The fourth-order valence-electron chi connectivity index (χ4n) is 12.4. The second-order valence-electron chi connectivity index (χ2n) is 30.8. The summed E-state index contributed by atoms with van der Waals surface area (Å²) < 4.78 is 68.7. The molecule has 0 amide bonds. The summed E-state index contributed by atoms with van der Waals surface area (Å²) >= 11 is 0. The molecular weight excluding hydrogens is 1310 g/mol. The van der Waals surface area contributed by atoms with Crippen LogP contribution in [0.2, 0.25) is 0 Å². The highest BCUT2D eigenvalue weighted by atomic mass is 31.2. The lowest BCUT2D eigenvalue weighted by atomic mass is 10.00. The minimum absolute atomic E-state index is 0.105. The van der Waals surface area contributed by atoms with E-state index in [9.17, 15) is 43.2 Å². The van der Waals surface area contributed by atoms with Gasteiger partial charge in [-0.25, -0.2) is 9.13 Å². The van der Waals surface area contributed by atoms with E-state index in [-0.39, 0.29) is 25.7 Å². The number of rotatable bonds is 78. The molecule has 594 valence electrons. The number of aliphatic hydroxyl groups is 1. The van der Waals surface area contributed by atoms with Crippen LogP contribution in [-0.2, 0) is 65.4 Å². The van der Waals surface area contributed by atoms with Crippen molar-refractivity contribution in [3.05, 3.63) is 0 Å². The van der Waals surface area contributed by atoms with Crippen molar-refractivity contribution >= 4 is 39.5 Å². The number of hydrogen-bond acceptors (Lipinski definition) is 15. The summed E-state index contributed by atoms with van der Waals surface area (Å²) in [5.41, 5.74) is 0. The van der Waals surface area contributed by atoms with Gasteiger partial charge in [-0.1, -0.05) is 364 Å². The van der Waals surface area contributed by atoms with E-state index >= 15 is 0 Å². The first-order valence-electron chi connectivity index (χ1n) is 41.7. The molecule has 100 heavy (non-hydrogen) atoms. The van der Waals surface area contributed by atoms with E-state index in [1.54, 1.807) is 0 Å². The number of carbonyl (C=O) groups excluding carboxylic acids is 4. The van der Waals surface area contributed by atoms with Crippen molar-refractivity contribution in [3.63, 3.8) is 0 Å². The molecule has 19 heteroatoms. The summed E-state index contributed by atoms with van der Waals surface area (Å²) in [5, 5.41) is 10.6. The van der Waals surface area contributed by atoms with Crippen LogP contribution in [0.15, 0.2) is 0 Å². The third-order valence-corrected chi connectivity index (χ3v) is 21.1. The average molecular weight is 1470 g/mol. The molecule has 0 saturated heterocycles. The van der Waals surface area contributed by atoms with E-state index < -0.39 is 97.5 Å². The van der Waals surface area contributed by atoms with Gasteiger partial charge in [-0.2, -0.15) is 0 Å². The minimum Gasteiger partial charge on any atom is -0.462 e. The predicted octanol–water partition coefficient (Wildman–Crippen LogP) is 24.0. The first kappa shape index (κ1) is 98.1. The standard InChI is InChI=1S/C81H158O17P2/c1-9-74(8)60-52-44-39-40-46-54-62-79(84)92-68-77(98-81(86)64-56-48-38-32-26-20-23-29-35-43-51-59-73(6)7)70-96-100(89,90)94-66-75(82)65-93-99(87,88)95-69-76(97-80(85)63-55-47-37-31-25-19-15-11-13-17-22-28-34-42-50-58-72(4)5)67-91-78(83)61-53-45-36-30-24-18-14-10-12-16-21-27-33-41-49-57-71(2)3/h71-77,82H,9-70H2,1-8H3,(H,87,88)(H,89,90)/t74?,75-,76-,77-/m1/s1. The summed E-state index contributed by atoms with van der Waals surface area (Å²) in [7, 11) is -9.92. The van der Waals surface area contributed by atoms with Crippen molar-refractivity contribution in [2.75, 3.05) is 39.6 Å². The molecule has 0 bridgehead atoms. The predicted molar refractivity (Wildman–Crippen MR) is 409 cm³/mol. The molecule has 0 aromatic carbocycles. The van der Waals surface area contributed by atoms with Crippen LogP contribution in [-0.4, -0.2) is 96.7 Å². The van der Waals surface area contributed by atoms with Crippen LogP contribution < -0.4 is 0 Å². The Balaban J connectivity index is 5.25. The summed E-state index contributed by atoms with van der Waals surface area (Å²) in [5.74, 6) is 0.990. The van der Waals surface area contributed by atoms with Gasteiger partial charge in [-0.05, 0) is 49.4 Å². The number of aliphatic hydroxyl groups excluding tert-OH is 1. The lowest BCUT2D eigenvalue weighted by Crippen LogP contribution is -2.30. The Labute approximate surface area is 613 Å². The summed E-state index contributed by atoms with van der Waals surface area (Å²) in [6, 6.07) is 0. The van der Waals surface area contributed by atoms with E-state index in [0.29, 0.717) is 25.7 Å². The third-order valence-electron chi connectivity index (χ3n) is 19.2. The molecule has 3 N–H and O–H groups in total. The van der Waals surface area contributed by atoms with Gasteiger partial charge in [0, 0.05) is 25.7 Å². The maximum absolute atomic E-state index is 13.1. The van der Waals surface area contributed by atoms with Gasteiger partial charge in [-0.3, -0.25) is 37.3 Å². The molecule has 0 spiro atoms. The van der Waals surface area contributed by atoms with E-state index in [1.807, 2.05) is 0 Å². The van der Waals surface area contributed by atoms with Crippen LogP contribution in [0.1, 0.15) is 415 Å². The van der Waals surface area contributed by atoms with Gasteiger partial charge >= 0.3 is 39.5 Å². The Hall–Kier alpha value is -1.94. The first-order valence-corrected chi connectivity index (χ1v) is 44.7. The third kappa shape index (κ3) is 73.0. The molecule has 0 fully saturated rings. The highest BCUT2D eigenvalue weighted by Crippen LogP contribution is 2.45. The molecule has 0 aromatic rings. The Bertz CT molecular complexity index is 1960. The van der Waals surface area contributed by atoms with Gasteiger partial charge < -0.3 is 33.8 Å². The lowest BCUT2D eigenvalue weighted by molar-refractivity contribution is -0.161. The van der Waals surface area contributed by atoms with Crippen LogP contribution in [0.3, 0.4) is 0 Å². The van der Waals surface area contributed by atoms with Crippen molar-refractivity contribution in [3.8, 4) is 0 Å². The van der Waals surface area contributed by atoms with Crippen LogP contribution in [0.5, 0.6) is 0 Å². The van der Waals surface area contributed by atoms with Crippen LogP contribution in [0.4, 0.5) is 0 Å². The zero-order chi connectivity index (χ0) is 73.8. The molecule has 0 radical (unpaired) electrons. The number of esters is 4. The summed E-state index contributed by atoms with van der Waals surface area (Å²) in [6.45, 7) is 14.3. The first-order chi connectivity index (χ1) is 48.1. The maximum atomic E-state index is 13.1. The molecule has 3 unspecified atom stereocenters. The topological polar surface area (TPSA) is 237 Å². The Kier molecular flexibility index (Phi) is 68.7. The molecule has 0 rings (SSSR count). The van der Waals surface area contributed by atoms with Crippen molar-refractivity contribution in [2.24, 2.45) is 23.7 Å². The number of phosphoric ester groups is 2. The molecular formula is C81H158O17P2. The fourth-order valence-corrected chi connectivity index (χ4v) is 14.0. The molecule has 0 aliphatic carbocycles. The summed E-state index contributed by atoms with van der Waals surface area (Å²) in [4.78, 5) is 73.0. The fraction of sp³-hybridized carbons (Fsp3) is 0.951. The number of unbranched alkanes of at least 4 members (excludes halogenated alkanes) is 43. The molecule has 6 atom stereocenters. The van der Waals surface area contributed by atoms with Gasteiger partial charge in [0.2, 0.25) is 0 Å². The van der Waals surface area contributed by atoms with E-state index in [2.05, 4.69) is 55.4 Å². The summed E-state index contributed by atoms with van der Waals surface area (Å²) in [6.07, 6.45) is 56.9. The normalized spacial score (nSPS) is 14.3. The Morgan fingerprint density at radius 1 is 0.280 bits per heavy atom. The van der Waals surface area contributed by atoms with Crippen LogP contribution in [0, 0.1) is 23.7 Å². The van der Waals surface area contributed by atoms with Crippen molar-refractivity contribution < 1.29 is 80.2 Å². The number of hydrogen-bond donors (Lipinski definition) is 3. The second-order valence-corrected chi connectivity index (χ2v) is 33.7.